The van der Waals surface area contributed by atoms with E-state index in [4.69, 9.17) is 0 Å². The second-order valence-electron chi connectivity index (χ2n) is 5.05. The Morgan fingerprint density at radius 3 is 2.79 bits per heavy atom. The minimum atomic E-state index is -0.245. The van der Waals surface area contributed by atoms with E-state index in [-0.39, 0.29) is 17.5 Å². The second kappa shape index (κ2) is 4.63. The summed E-state index contributed by atoms with van der Waals surface area (Å²) < 4.78 is 1.67. The minimum Gasteiger partial charge on any atom is -0.371 e. The van der Waals surface area contributed by atoms with Gasteiger partial charge in [-0.05, 0) is 35.2 Å². The molecule has 0 bridgehead atoms. The summed E-state index contributed by atoms with van der Waals surface area (Å²) in [5.74, 6) is 0.134. The van der Waals surface area contributed by atoms with Crippen LogP contribution in [0.25, 0.3) is 0 Å². The van der Waals surface area contributed by atoms with E-state index in [9.17, 15) is 9.59 Å². The van der Waals surface area contributed by atoms with Crippen molar-refractivity contribution in [2.24, 2.45) is 7.05 Å². The second-order valence-corrected chi connectivity index (χ2v) is 5.84. The average Bonchev–Trinajstić information content (AvgIpc) is 3.17. The van der Waals surface area contributed by atoms with Crippen LogP contribution in [0, 0.1) is 0 Å². The van der Waals surface area contributed by atoms with Crippen LogP contribution in [-0.2, 0) is 11.8 Å². The zero-order valence-corrected chi connectivity index (χ0v) is 12.2. The van der Waals surface area contributed by atoms with Gasteiger partial charge in [0.1, 0.15) is 10.5 Å². The lowest BCUT2D eigenvalue weighted by Gasteiger charge is -2.17. The Balaban J connectivity index is 1.77. The fourth-order valence-corrected chi connectivity index (χ4v) is 2.86. The van der Waals surface area contributed by atoms with E-state index in [0.29, 0.717) is 16.2 Å². The van der Waals surface area contributed by atoms with Gasteiger partial charge in [0.05, 0.1) is 11.9 Å². The molecule has 1 aliphatic carbocycles. The van der Waals surface area contributed by atoms with Gasteiger partial charge in [0.25, 0.3) is 5.56 Å². The molecule has 1 aliphatic heterocycles. The van der Waals surface area contributed by atoms with Crippen LogP contribution in [0.5, 0.6) is 0 Å². The molecule has 102 valence electrons. The van der Waals surface area contributed by atoms with Crippen molar-refractivity contribution in [3.8, 4) is 0 Å². The maximum atomic E-state index is 12.2. The lowest BCUT2D eigenvalue weighted by molar-refractivity contribution is -0.128. The van der Waals surface area contributed by atoms with Crippen molar-refractivity contribution in [2.75, 3.05) is 11.9 Å². The van der Waals surface area contributed by atoms with Crippen molar-refractivity contribution in [1.82, 2.24) is 14.7 Å². The number of carbonyl (C=O) groups is 1. The van der Waals surface area contributed by atoms with Crippen molar-refractivity contribution in [1.29, 1.82) is 0 Å². The molecule has 0 spiro atoms. The number of carbonyl (C=O) groups excluding carboxylic acids is 1. The first-order valence-electron chi connectivity index (χ1n) is 6.37. The van der Waals surface area contributed by atoms with Crippen LogP contribution in [0.1, 0.15) is 19.3 Å². The molecular formula is C12H15BrN4O2. The monoisotopic (exact) mass is 326 g/mol. The number of nitrogens with zero attached hydrogens (tertiary/aromatic N) is 3. The SMILES string of the molecule is Cn1ncc(N[C@H]2CCN(C3CC3)C2=O)c(Br)c1=O. The quantitative estimate of drug-likeness (QED) is 0.888. The first-order valence-corrected chi connectivity index (χ1v) is 7.16. The number of nitrogens with one attached hydrogen (secondary N) is 1. The van der Waals surface area contributed by atoms with Gasteiger partial charge in [-0.15, -0.1) is 0 Å². The van der Waals surface area contributed by atoms with E-state index in [2.05, 4.69) is 26.3 Å². The van der Waals surface area contributed by atoms with Gasteiger partial charge in [-0.2, -0.15) is 5.10 Å². The van der Waals surface area contributed by atoms with E-state index in [1.807, 2.05) is 4.90 Å². The van der Waals surface area contributed by atoms with Crippen LogP contribution in [-0.4, -0.2) is 39.2 Å². The molecule has 0 radical (unpaired) electrons. The third-order valence-corrected chi connectivity index (χ3v) is 4.40. The normalized spacial score (nSPS) is 22.9. The number of hydrogen-bond acceptors (Lipinski definition) is 4. The molecule has 0 unspecified atom stereocenters. The van der Waals surface area contributed by atoms with Gasteiger partial charge in [0.2, 0.25) is 5.91 Å². The highest BCUT2D eigenvalue weighted by molar-refractivity contribution is 9.10. The number of aryl methyl sites for hydroxylation is 1. The summed E-state index contributed by atoms with van der Waals surface area (Å²) in [6.07, 6.45) is 4.58. The Labute approximate surface area is 118 Å². The van der Waals surface area contributed by atoms with Crippen molar-refractivity contribution in [3.63, 3.8) is 0 Å². The number of amides is 1. The zero-order valence-electron chi connectivity index (χ0n) is 10.6. The molecule has 1 atom stereocenters. The van der Waals surface area contributed by atoms with Gasteiger partial charge in [-0.25, -0.2) is 4.68 Å². The molecule has 2 fully saturated rings. The summed E-state index contributed by atoms with van der Waals surface area (Å²) in [4.78, 5) is 25.9. The lowest BCUT2D eigenvalue weighted by Crippen LogP contribution is -2.35. The van der Waals surface area contributed by atoms with Gasteiger partial charge >= 0.3 is 0 Å². The maximum Gasteiger partial charge on any atom is 0.282 e. The molecule has 2 heterocycles. The molecule has 7 heteroatoms. The molecule has 1 aromatic rings. The Hall–Kier alpha value is -1.37. The van der Waals surface area contributed by atoms with Crippen LogP contribution in [0.3, 0.4) is 0 Å². The van der Waals surface area contributed by atoms with Crippen molar-refractivity contribution in [3.05, 3.63) is 21.0 Å². The van der Waals surface area contributed by atoms with Crippen LogP contribution in [0.2, 0.25) is 0 Å². The molecule has 2 aliphatic rings. The van der Waals surface area contributed by atoms with Crippen molar-refractivity contribution in [2.45, 2.75) is 31.3 Å². The van der Waals surface area contributed by atoms with E-state index < -0.39 is 0 Å². The third-order valence-electron chi connectivity index (χ3n) is 3.64. The predicted molar refractivity (Wildman–Crippen MR) is 73.9 cm³/mol. The van der Waals surface area contributed by atoms with E-state index in [1.54, 1.807) is 13.2 Å². The third kappa shape index (κ3) is 2.27. The van der Waals surface area contributed by atoms with Gasteiger partial charge in [0.15, 0.2) is 0 Å². The lowest BCUT2D eigenvalue weighted by atomic mass is 10.2. The summed E-state index contributed by atoms with van der Waals surface area (Å²) in [5.41, 5.74) is 0.369. The highest BCUT2D eigenvalue weighted by atomic mass is 79.9. The van der Waals surface area contributed by atoms with Crippen molar-refractivity contribution >= 4 is 27.5 Å². The molecule has 3 rings (SSSR count). The van der Waals surface area contributed by atoms with E-state index in [0.717, 1.165) is 25.8 Å². The molecule has 19 heavy (non-hydrogen) atoms. The number of halogens is 1. The summed E-state index contributed by atoms with van der Waals surface area (Å²) in [6, 6.07) is 0.204. The molecule has 0 aromatic carbocycles. The first-order chi connectivity index (χ1) is 9.08. The fraction of sp³-hybridized carbons (Fsp3) is 0.583. The van der Waals surface area contributed by atoms with E-state index >= 15 is 0 Å². The number of aromatic nitrogens is 2. The Kier molecular flexibility index (Phi) is 3.08. The minimum absolute atomic E-state index is 0.134. The number of rotatable bonds is 3. The topological polar surface area (TPSA) is 67.2 Å². The molecule has 6 nitrogen and oxygen atoms in total. The average molecular weight is 327 g/mol. The van der Waals surface area contributed by atoms with Crippen LogP contribution in [0.15, 0.2) is 15.5 Å². The Bertz CT molecular complexity index is 582. The molecule has 1 aromatic heterocycles. The Morgan fingerprint density at radius 2 is 2.11 bits per heavy atom. The van der Waals surface area contributed by atoms with Crippen molar-refractivity contribution < 1.29 is 4.79 Å². The van der Waals surface area contributed by atoms with Gasteiger partial charge in [0, 0.05) is 19.6 Å². The number of hydrogen-bond donors (Lipinski definition) is 1. The molecule has 1 amide bonds. The van der Waals surface area contributed by atoms with Gasteiger partial charge in [-0.1, -0.05) is 0 Å². The molecule has 1 N–H and O–H groups in total. The molecule has 1 saturated heterocycles. The highest BCUT2D eigenvalue weighted by Gasteiger charge is 2.40. The van der Waals surface area contributed by atoms with Crippen LogP contribution < -0.4 is 10.9 Å². The zero-order chi connectivity index (χ0) is 13.6. The maximum absolute atomic E-state index is 12.2. The predicted octanol–water partition coefficient (Wildman–Crippen LogP) is 0.718. The first kappa shape index (κ1) is 12.7. The largest absolute Gasteiger partial charge is 0.371 e. The summed E-state index contributed by atoms with van der Waals surface area (Å²) in [7, 11) is 1.59. The molecular weight excluding hydrogens is 312 g/mol. The summed E-state index contributed by atoms with van der Waals surface area (Å²) in [5, 5.41) is 7.09. The van der Waals surface area contributed by atoms with E-state index in [1.165, 1.54) is 4.68 Å². The Morgan fingerprint density at radius 1 is 1.37 bits per heavy atom. The summed E-state index contributed by atoms with van der Waals surface area (Å²) in [6.45, 7) is 0.803. The highest BCUT2D eigenvalue weighted by Crippen LogP contribution is 2.31. The number of likely N-dealkylation sites (tertiary alicyclic amines) is 1. The summed E-state index contributed by atoms with van der Waals surface area (Å²) >= 11 is 3.25. The van der Waals surface area contributed by atoms with Crippen LogP contribution >= 0.6 is 15.9 Å². The standard InChI is InChI=1S/C12H15BrN4O2/c1-16-12(19)10(13)9(6-14-16)15-8-4-5-17(11(8)18)7-2-3-7/h6-8,15H,2-5H2,1H3/t8-/m0/s1. The van der Waals surface area contributed by atoms with Gasteiger partial charge in [-0.3, -0.25) is 9.59 Å². The van der Waals surface area contributed by atoms with Crippen LogP contribution in [0.4, 0.5) is 5.69 Å². The van der Waals surface area contributed by atoms with Gasteiger partial charge < -0.3 is 10.2 Å². The number of anilines is 1. The smallest absolute Gasteiger partial charge is 0.282 e. The molecule has 1 saturated carbocycles. The fourth-order valence-electron chi connectivity index (χ4n) is 2.38.